The Bertz CT molecular complexity index is 445. The highest BCUT2D eigenvalue weighted by molar-refractivity contribution is 5.73. The number of hydrogen-bond acceptors (Lipinski definition) is 4. The fourth-order valence-corrected chi connectivity index (χ4v) is 1.92. The molecule has 3 N–H and O–H groups in total. The fraction of sp³-hybridized carbons (Fsp3) is 0.500. The molecule has 19 heavy (non-hydrogen) atoms. The van der Waals surface area contributed by atoms with Crippen molar-refractivity contribution in [2.24, 2.45) is 5.92 Å². The number of phenolic OH excluding ortho intramolecular Hbond substituents is 1. The normalized spacial score (nSPS) is 14.2. The molecule has 0 spiro atoms. The molecule has 0 saturated heterocycles. The second kappa shape index (κ2) is 6.43. The van der Waals surface area contributed by atoms with Gasteiger partial charge in [-0.3, -0.25) is 10.1 Å². The smallest absolute Gasteiger partial charge is 0.320 e. The molecule has 0 aliphatic heterocycles. The first-order valence-corrected chi connectivity index (χ1v) is 6.22. The van der Waals surface area contributed by atoms with Crippen LogP contribution in [0.15, 0.2) is 18.2 Å². The summed E-state index contributed by atoms with van der Waals surface area (Å²) >= 11 is 0. The van der Waals surface area contributed by atoms with Crippen LogP contribution in [0.2, 0.25) is 0 Å². The van der Waals surface area contributed by atoms with E-state index in [1.807, 2.05) is 20.8 Å². The summed E-state index contributed by atoms with van der Waals surface area (Å²) in [6, 6.07) is 4.05. The van der Waals surface area contributed by atoms with Crippen molar-refractivity contribution in [2.75, 3.05) is 7.11 Å². The van der Waals surface area contributed by atoms with Crippen LogP contribution < -0.4 is 10.1 Å². The number of benzene rings is 1. The van der Waals surface area contributed by atoms with Crippen LogP contribution in [0.5, 0.6) is 11.5 Å². The summed E-state index contributed by atoms with van der Waals surface area (Å²) in [7, 11) is 1.52. The summed E-state index contributed by atoms with van der Waals surface area (Å²) in [5, 5.41) is 22.1. The maximum Gasteiger partial charge on any atom is 0.320 e. The molecule has 0 saturated carbocycles. The average molecular weight is 267 g/mol. The number of methoxy groups -OCH3 is 1. The standard InChI is InChI=1S/C14H21NO4/c1-8(2)13(14(17)18)15-9(3)11-6-5-10(19-4)7-12(11)16/h5-9,13,15-16H,1-4H3,(H,17,18). The first-order valence-electron chi connectivity index (χ1n) is 6.22. The van der Waals surface area contributed by atoms with Crippen molar-refractivity contribution in [1.82, 2.24) is 5.32 Å². The Kier molecular flexibility index (Phi) is 5.18. The van der Waals surface area contributed by atoms with E-state index in [2.05, 4.69) is 5.32 Å². The van der Waals surface area contributed by atoms with E-state index in [1.54, 1.807) is 12.1 Å². The van der Waals surface area contributed by atoms with Gasteiger partial charge in [-0.25, -0.2) is 0 Å². The minimum Gasteiger partial charge on any atom is -0.507 e. The van der Waals surface area contributed by atoms with Gasteiger partial charge < -0.3 is 14.9 Å². The second-order valence-electron chi connectivity index (χ2n) is 4.87. The first kappa shape index (κ1) is 15.3. The number of carboxylic acids is 1. The molecule has 0 aliphatic carbocycles. The van der Waals surface area contributed by atoms with Crippen molar-refractivity contribution < 1.29 is 19.7 Å². The number of aliphatic carboxylic acids is 1. The van der Waals surface area contributed by atoms with Gasteiger partial charge in [0.2, 0.25) is 0 Å². The van der Waals surface area contributed by atoms with Crippen LogP contribution in [0.3, 0.4) is 0 Å². The van der Waals surface area contributed by atoms with Crippen LogP contribution >= 0.6 is 0 Å². The SMILES string of the molecule is COc1ccc(C(C)NC(C(=O)O)C(C)C)c(O)c1. The lowest BCUT2D eigenvalue weighted by atomic mass is 10.0. The van der Waals surface area contributed by atoms with Crippen molar-refractivity contribution in [3.05, 3.63) is 23.8 Å². The Morgan fingerprint density at radius 2 is 1.95 bits per heavy atom. The molecule has 1 rings (SSSR count). The minimum atomic E-state index is -0.894. The van der Waals surface area contributed by atoms with E-state index in [0.29, 0.717) is 11.3 Å². The maximum atomic E-state index is 11.1. The highest BCUT2D eigenvalue weighted by Crippen LogP contribution is 2.28. The quantitative estimate of drug-likeness (QED) is 0.736. The molecule has 0 radical (unpaired) electrons. The molecule has 2 atom stereocenters. The Balaban J connectivity index is 2.88. The summed E-state index contributed by atoms with van der Waals surface area (Å²) in [6.45, 7) is 5.50. The van der Waals surface area contributed by atoms with E-state index in [0.717, 1.165) is 0 Å². The number of rotatable bonds is 6. The molecule has 0 heterocycles. The van der Waals surface area contributed by atoms with Crippen LogP contribution in [-0.4, -0.2) is 29.3 Å². The van der Waals surface area contributed by atoms with Gasteiger partial charge in [0.1, 0.15) is 17.5 Å². The summed E-state index contributed by atoms with van der Waals surface area (Å²) in [4.78, 5) is 11.1. The molecule has 5 nitrogen and oxygen atoms in total. The largest absolute Gasteiger partial charge is 0.507 e. The van der Waals surface area contributed by atoms with Crippen LogP contribution in [0.4, 0.5) is 0 Å². The third kappa shape index (κ3) is 3.86. The van der Waals surface area contributed by atoms with Crippen molar-refractivity contribution in [3.8, 4) is 11.5 Å². The number of ether oxygens (including phenoxy) is 1. The van der Waals surface area contributed by atoms with E-state index >= 15 is 0 Å². The van der Waals surface area contributed by atoms with Gasteiger partial charge >= 0.3 is 5.97 Å². The number of carboxylic acid groups (broad SMARTS) is 1. The molecule has 1 aromatic rings. The topological polar surface area (TPSA) is 78.8 Å². The Morgan fingerprint density at radius 1 is 1.32 bits per heavy atom. The van der Waals surface area contributed by atoms with Gasteiger partial charge in [-0.15, -0.1) is 0 Å². The Morgan fingerprint density at radius 3 is 2.37 bits per heavy atom. The highest BCUT2D eigenvalue weighted by Gasteiger charge is 2.24. The molecule has 2 unspecified atom stereocenters. The zero-order valence-electron chi connectivity index (χ0n) is 11.7. The molecule has 0 aliphatic rings. The van der Waals surface area contributed by atoms with Gasteiger partial charge in [-0.05, 0) is 18.9 Å². The van der Waals surface area contributed by atoms with Crippen molar-refractivity contribution in [2.45, 2.75) is 32.9 Å². The molecule has 1 aromatic carbocycles. The molecule has 0 fully saturated rings. The maximum absolute atomic E-state index is 11.1. The minimum absolute atomic E-state index is 0.0414. The Hall–Kier alpha value is -1.75. The molecule has 0 aromatic heterocycles. The number of hydrogen-bond donors (Lipinski definition) is 3. The first-order chi connectivity index (χ1) is 8.86. The highest BCUT2D eigenvalue weighted by atomic mass is 16.5. The van der Waals surface area contributed by atoms with Crippen molar-refractivity contribution in [3.63, 3.8) is 0 Å². The number of phenols is 1. The lowest BCUT2D eigenvalue weighted by Gasteiger charge is -2.23. The third-order valence-corrected chi connectivity index (χ3v) is 3.07. The summed E-state index contributed by atoms with van der Waals surface area (Å²) in [6.07, 6.45) is 0. The van der Waals surface area contributed by atoms with Gasteiger partial charge in [0, 0.05) is 17.7 Å². The van der Waals surface area contributed by atoms with E-state index in [9.17, 15) is 9.90 Å². The lowest BCUT2D eigenvalue weighted by Crippen LogP contribution is -2.42. The number of nitrogens with one attached hydrogen (secondary N) is 1. The lowest BCUT2D eigenvalue weighted by molar-refractivity contribution is -0.140. The fourth-order valence-electron chi connectivity index (χ4n) is 1.92. The molecular weight excluding hydrogens is 246 g/mol. The van der Waals surface area contributed by atoms with E-state index < -0.39 is 12.0 Å². The van der Waals surface area contributed by atoms with E-state index in [1.165, 1.54) is 13.2 Å². The molecular formula is C14H21NO4. The van der Waals surface area contributed by atoms with E-state index in [-0.39, 0.29) is 17.7 Å². The summed E-state index contributed by atoms with van der Waals surface area (Å²) in [5.74, 6) is -0.283. The van der Waals surface area contributed by atoms with E-state index in [4.69, 9.17) is 9.84 Å². The predicted molar refractivity (Wildman–Crippen MR) is 72.5 cm³/mol. The van der Waals surface area contributed by atoms with Crippen LogP contribution in [0, 0.1) is 5.92 Å². The monoisotopic (exact) mass is 267 g/mol. The predicted octanol–water partition coefficient (Wildman–Crippen LogP) is 2.16. The van der Waals surface area contributed by atoms with Crippen molar-refractivity contribution in [1.29, 1.82) is 0 Å². The average Bonchev–Trinajstić information content (AvgIpc) is 2.34. The molecule has 106 valence electrons. The summed E-state index contributed by atoms with van der Waals surface area (Å²) in [5.41, 5.74) is 0.646. The van der Waals surface area contributed by atoms with Gasteiger partial charge in [-0.2, -0.15) is 0 Å². The second-order valence-corrected chi connectivity index (χ2v) is 4.87. The van der Waals surface area contributed by atoms with Crippen LogP contribution in [0.25, 0.3) is 0 Å². The van der Waals surface area contributed by atoms with Gasteiger partial charge in [0.25, 0.3) is 0 Å². The number of carbonyl (C=O) groups is 1. The zero-order valence-corrected chi connectivity index (χ0v) is 11.7. The van der Waals surface area contributed by atoms with Gasteiger partial charge in [-0.1, -0.05) is 19.9 Å². The van der Waals surface area contributed by atoms with Gasteiger partial charge in [0.05, 0.1) is 7.11 Å². The van der Waals surface area contributed by atoms with Crippen LogP contribution in [-0.2, 0) is 4.79 Å². The molecule has 0 amide bonds. The molecule has 0 bridgehead atoms. The number of aromatic hydroxyl groups is 1. The van der Waals surface area contributed by atoms with Gasteiger partial charge in [0.15, 0.2) is 0 Å². The summed E-state index contributed by atoms with van der Waals surface area (Å²) < 4.78 is 5.01. The van der Waals surface area contributed by atoms with Crippen LogP contribution in [0.1, 0.15) is 32.4 Å². The third-order valence-electron chi connectivity index (χ3n) is 3.07. The molecule has 5 heteroatoms. The zero-order chi connectivity index (χ0) is 14.6. The van der Waals surface area contributed by atoms with Crippen molar-refractivity contribution >= 4 is 5.97 Å². The Labute approximate surface area is 113 Å².